The maximum atomic E-state index is 11.0. The van der Waals surface area contributed by atoms with Crippen molar-refractivity contribution in [2.45, 2.75) is 40.5 Å². The molecule has 0 saturated carbocycles. The third-order valence-corrected chi connectivity index (χ3v) is 2.40. The number of rotatable bonds is 4. The zero-order valence-corrected chi connectivity index (χ0v) is 10.3. The molecule has 84 valence electrons. The zero-order valence-electron chi connectivity index (χ0n) is 10.3. The molecular formula is C14H22O. The standard InChI is InChI=1S/C12H16O.C2H6/c1-10(11(2)13)8-9-12-6-4-3-5-7-12;1-2/h3-7,10H,8-9H2,1-2H3;1-2H3. The Morgan fingerprint density at radius 2 is 1.73 bits per heavy atom. The van der Waals surface area contributed by atoms with Crippen LogP contribution in [0.15, 0.2) is 30.3 Å². The second kappa shape index (κ2) is 8.22. The molecule has 0 aliphatic carbocycles. The van der Waals surface area contributed by atoms with Gasteiger partial charge in [0.1, 0.15) is 5.78 Å². The van der Waals surface area contributed by atoms with Gasteiger partial charge in [0.15, 0.2) is 0 Å². The summed E-state index contributed by atoms with van der Waals surface area (Å²) in [7, 11) is 0. The van der Waals surface area contributed by atoms with Gasteiger partial charge in [-0.2, -0.15) is 0 Å². The lowest BCUT2D eigenvalue weighted by Gasteiger charge is -2.06. The largest absolute Gasteiger partial charge is 0.300 e. The van der Waals surface area contributed by atoms with Gasteiger partial charge in [-0.25, -0.2) is 0 Å². The van der Waals surface area contributed by atoms with Crippen LogP contribution in [0.25, 0.3) is 0 Å². The van der Waals surface area contributed by atoms with Crippen molar-refractivity contribution < 1.29 is 4.79 Å². The molecular weight excluding hydrogens is 184 g/mol. The number of carbonyl (C=O) groups is 1. The molecule has 1 heteroatoms. The van der Waals surface area contributed by atoms with Crippen LogP contribution in [0.3, 0.4) is 0 Å². The van der Waals surface area contributed by atoms with Crippen molar-refractivity contribution in [2.75, 3.05) is 0 Å². The topological polar surface area (TPSA) is 17.1 Å². The van der Waals surface area contributed by atoms with E-state index in [2.05, 4.69) is 12.1 Å². The summed E-state index contributed by atoms with van der Waals surface area (Å²) < 4.78 is 0. The Morgan fingerprint density at radius 3 is 2.20 bits per heavy atom. The molecule has 0 saturated heterocycles. The Kier molecular flexibility index (Phi) is 7.61. The Hall–Kier alpha value is -1.11. The van der Waals surface area contributed by atoms with Gasteiger partial charge in [0.05, 0.1) is 0 Å². The summed E-state index contributed by atoms with van der Waals surface area (Å²) in [5, 5.41) is 0. The summed E-state index contributed by atoms with van der Waals surface area (Å²) in [5.41, 5.74) is 1.32. The fraction of sp³-hybridized carbons (Fsp3) is 0.500. The van der Waals surface area contributed by atoms with Gasteiger partial charge < -0.3 is 0 Å². The number of benzene rings is 1. The molecule has 0 bridgehead atoms. The van der Waals surface area contributed by atoms with Crippen molar-refractivity contribution in [3.05, 3.63) is 35.9 Å². The second-order valence-corrected chi connectivity index (χ2v) is 3.54. The molecule has 0 aliphatic heterocycles. The molecule has 1 atom stereocenters. The Morgan fingerprint density at radius 1 is 1.20 bits per heavy atom. The number of carbonyl (C=O) groups excluding carboxylic acids is 1. The smallest absolute Gasteiger partial charge is 0.132 e. The molecule has 0 heterocycles. The van der Waals surface area contributed by atoms with Crippen molar-refractivity contribution in [1.82, 2.24) is 0 Å². The maximum absolute atomic E-state index is 11.0. The summed E-state index contributed by atoms with van der Waals surface area (Å²) in [6, 6.07) is 10.3. The van der Waals surface area contributed by atoms with E-state index in [0.29, 0.717) is 0 Å². The average molecular weight is 206 g/mol. The predicted octanol–water partition coefficient (Wildman–Crippen LogP) is 3.87. The van der Waals surface area contributed by atoms with Crippen LogP contribution in [-0.4, -0.2) is 5.78 Å². The molecule has 1 unspecified atom stereocenters. The van der Waals surface area contributed by atoms with E-state index in [1.54, 1.807) is 6.92 Å². The van der Waals surface area contributed by atoms with Gasteiger partial charge in [0, 0.05) is 5.92 Å². The first-order valence-electron chi connectivity index (χ1n) is 5.74. The third kappa shape index (κ3) is 6.05. The molecule has 1 aromatic rings. The summed E-state index contributed by atoms with van der Waals surface area (Å²) in [4.78, 5) is 11.0. The van der Waals surface area contributed by atoms with E-state index in [0.717, 1.165) is 12.8 Å². The van der Waals surface area contributed by atoms with Crippen molar-refractivity contribution >= 4 is 5.78 Å². The Bertz CT molecular complexity index is 264. The van der Waals surface area contributed by atoms with Crippen LogP contribution >= 0.6 is 0 Å². The lowest BCUT2D eigenvalue weighted by atomic mass is 9.98. The Labute approximate surface area is 93.5 Å². The fourth-order valence-electron chi connectivity index (χ4n) is 1.23. The molecule has 0 fully saturated rings. The van der Waals surface area contributed by atoms with Gasteiger partial charge in [0.25, 0.3) is 0 Å². The summed E-state index contributed by atoms with van der Waals surface area (Å²) >= 11 is 0. The van der Waals surface area contributed by atoms with E-state index >= 15 is 0 Å². The van der Waals surface area contributed by atoms with Gasteiger partial charge in [-0.05, 0) is 25.3 Å². The molecule has 1 nitrogen and oxygen atoms in total. The van der Waals surface area contributed by atoms with E-state index in [1.807, 2.05) is 39.0 Å². The number of hydrogen-bond donors (Lipinski definition) is 0. The van der Waals surface area contributed by atoms with Crippen molar-refractivity contribution in [3.8, 4) is 0 Å². The van der Waals surface area contributed by atoms with Gasteiger partial charge in [-0.3, -0.25) is 4.79 Å². The quantitative estimate of drug-likeness (QED) is 0.731. The van der Waals surface area contributed by atoms with E-state index in [9.17, 15) is 4.79 Å². The molecule has 0 aliphatic rings. The summed E-state index contributed by atoms with van der Waals surface area (Å²) in [6.45, 7) is 7.65. The van der Waals surface area contributed by atoms with Crippen molar-refractivity contribution in [3.63, 3.8) is 0 Å². The van der Waals surface area contributed by atoms with Crippen LogP contribution in [0.2, 0.25) is 0 Å². The molecule has 0 spiro atoms. The molecule has 0 radical (unpaired) electrons. The highest BCUT2D eigenvalue weighted by atomic mass is 16.1. The molecule has 15 heavy (non-hydrogen) atoms. The minimum absolute atomic E-state index is 0.195. The van der Waals surface area contributed by atoms with Crippen LogP contribution in [-0.2, 0) is 11.2 Å². The minimum Gasteiger partial charge on any atom is -0.300 e. The summed E-state index contributed by atoms with van der Waals surface area (Å²) in [5.74, 6) is 0.483. The zero-order chi connectivity index (χ0) is 11.7. The predicted molar refractivity (Wildman–Crippen MR) is 66.0 cm³/mol. The van der Waals surface area contributed by atoms with Gasteiger partial charge >= 0.3 is 0 Å². The van der Waals surface area contributed by atoms with Crippen LogP contribution in [0.5, 0.6) is 0 Å². The van der Waals surface area contributed by atoms with Crippen molar-refractivity contribution in [2.24, 2.45) is 5.92 Å². The van der Waals surface area contributed by atoms with Crippen LogP contribution in [0.4, 0.5) is 0 Å². The van der Waals surface area contributed by atoms with Gasteiger partial charge in [-0.1, -0.05) is 51.1 Å². The number of aryl methyl sites for hydroxylation is 1. The average Bonchev–Trinajstić information content (AvgIpc) is 2.30. The highest BCUT2D eigenvalue weighted by Crippen LogP contribution is 2.09. The first-order chi connectivity index (χ1) is 7.20. The molecule has 1 aromatic carbocycles. The van der Waals surface area contributed by atoms with E-state index < -0.39 is 0 Å². The lowest BCUT2D eigenvalue weighted by molar-refractivity contribution is -0.120. The SMILES string of the molecule is CC.CC(=O)C(C)CCc1ccccc1. The van der Waals surface area contributed by atoms with E-state index in [-0.39, 0.29) is 11.7 Å². The highest BCUT2D eigenvalue weighted by Gasteiger charge is 2.06. The maximum Gasteiger partial charge on any atom is 0.132 e. The lowest BCUT2D eigenvalue weighted by Crippen LogP contribution is -2.07. The van der Waals surface area contributed by atoms with Crippen LogP contribution in [0.1, 0.15) is 39.7 Å². The van der Waals surface area contributed by atoms with Crippen molar-refractivity contribution in [1.29, 1.82) is 0 Å². The van der Waals surface area contributed by atoms with Crippen LogP contribution in [0, 0.1) is 5.92 Å². The first kappa shape index (κ1) is 13.9. The number of ketones is 1. The third-order valence-electron chi connectivity index (χ3n) is 2.40. The summed E-state index contributed by atoms with van der Waals surface area (Å²) in [6.07, 6.45) is 1.96. The number of Topliss-reactive ketones (excluding diaryl/α,β-unsaturated/α-hetero) is 1. The van der Waals surface area contributed by atoms with Gasteiger partial charge in [-0.15, -0.1) is 0 Å². The highest BCUT2D eigenvalue weighted by molar-refractivity contribution is 5.77. The minimum atomic E-state index is 0.195. The first-order valence-corrected chi connectivity index (χ1v) is 5.74. The Balaban J connectivity index is 0.000000921. The monoisotopic (exact) mass is 206 g/mol. The molecule has 1 rings (SSSR count). The molecule has 0 amide bonds. The van der Waals surface area contributed by atoms with Crippen LogP contribution < -0.4 is 0 Å². The molecule has 0 N–H and O–H groups in total. The normalized spacial score (nSPS) is 11.2. The van der Waals surface area contributed by atoms with E-state index in [1.165, 1.54) is 5.56 Å². The second-order valence-electron chi connectivity index (χ2n) is 3.54. The molecule has 0 aromatic heterocycles. The fourth-order valence-corrected chi connectivity index (χ4v) is 1.23. The number of hydrogen-bond acceptors (Lipinski definition) is 1. The van der Waals surface area contributed by atoms with Gasteiger partial charge in [0.2, 0.25) is 0 Å². The van der Waals surface area contributed by atoms with E-state index in [4.69, 9.17) is 0 Å².